The van der Waals surface area contributed by atoms with E-state index in [1.165, 1.54) is 11.6 Å². The fourth-order valence-electron chi connectivity index (χ4n) is 1.15. The maximum Gasteiger partial charge on any atom is 0.131 e. The number of halogens is 3. The van der Waals surface area contributed by atoms with Gasteiger partial charge in [-0.05, 0) is 13.0 Å². The van der Waals surface area contributed by atoms with E-state index in [0.29, 0.717) is 16.3 Å². The van der Waals surface area contributed by atoms with Crippen LogP contribution in [0.5, 0.6) is 5.75 Å². The molecule has 0 amide bonds. The Morgan fingerprint density at radius 1 is 1.62 bits per heavy atom. The van der Waals surface area contributed by atoms with Gasteiger partial charge in [0, 0.05) is 23.2 Å². The van der Waals surface area contributed by atoms with Crippen molar-refractivity contribution in [2.75, 3.05) is 6.61 Å². The minimum atomic E-state index is -0.390. The van der Waals surface area contributed by atoms with Crippen molar-refractivity contribution in [2.24, 2.45) is 5.73 Å². The van der Waals surface area contributed by atoms with E-state index in [4.69, 9.17) is 33.7 Å². The highest BCUT2D eigenvalue weighted by atomic mass is 35.5. The third-order valence-corrected chi connectivity index (χ3v) is 2.55. The van der Waals surface area contributed by atoms with Gasteiger partial charge in [0.2, 0.25) is 0 Å². The summed E-state index contributed by atoms with van der Waals surface area (Å²) in [4.78, 5) is 0. The largest absolute Gasteiger partial charge is 0.488 e. The van der Waals surface area contributed by atoms with Gasteiger partial charge in [-0.3, -0.25) is 0 Å². The minimum absolute atomic E-state index is 0.113. The molecule has 0 radical (unpaired) electrons. The van der Waals surface area contributed by atoms with Crippen molar-refractivity contribution in [2.45, 2.75) is 13.0 Å². The Morgan fingerprint density at radius 2 is 2.31 bits per heavy atom. The van der Waals surface area contributed by atoms with Gasteiger partial charge in [-0.2, -0.15) is 0 Å². The maximum absolute atomic E-state index is 13.5. The van der Waals surface area contributed by atoms with Crippen LogP contribution in [0, 0.1) is 5.82 Å². The molecule has 1 atom stereocenters. The average Bonchev–Trinajstić information content (AvgIpc) is 2.25. The highest BCUT2D eigenvalue weighted by Gasteiger charge is 2.08. The monoisotopic (exact) mass is 263 g/mol. The van der Waals surface area contributed by atoms with E-state index in [0.717, 1.165) is 0 Å². The molecule has 1 aromatic carbocycles. The highest BCUT2D eigenvalue weighted by molar-refractivity contribution is 6.36. The second-order valence-electron chi connectivity index (χ2n) is 3.32. The zero-order valence-electron chi connectivity index (χ0n) is 8.71. The smallest absolute Gasteiger partial charge is 0.131 e. The number of ether oxygens (including phenoxy) is 1. The van der Waals surface area contributed by atoms with E-state index in [-0.39, 0.29) is 12.6 Å². The maximum atomic E-state index is 13.5. The Bertz CT molecular complexity index is 394. The van der Waals surface area contributed by atoms with Gasteiger partial charge in [0.25, 0.3) is 0 Å². The van der Waals surface area contributed by atoms with E-state index in [1.807, 2.05) is 0 Å². The number of benzene rings is 1. The molecule has 0 saturated heterocycles. The van der Waals surface area contributed by atoms with E-state index in [9.17, 15) is 4.39 Å². The number of nitrogens with two attached hydrogens (primary N) is 1. The van der Waals surface area contributed by atoms with Crippen LogP contribution in [-0.2, 0) is 0 Å². The first-order valence-corrected chi connectivity index (χ1v) is 5.48. The molecule has 88 valence electrons. The Morgan fingerprint density at radius 3 is 2.81 bits per heavy atom. The molecule has 0 fully saturated rings. The fourth-order valence-corrected chi connectivity index (χ4v) is 1.27. The molecule has 0 aliphatic heterocycles. The molecule has 2 nitrogen and oxygen atoms in total. The molecule has 5 heteroatoms. The van der Waals surface area contributed by atoms with Gasteiger partial charge in [0.05, 0.1) is 5.03 Å². The Balaban J connectivity index is 2.74. The molecule has 0 aromatic heterocycles. The molecule has 16 heavy (non-hydrogen) atoms. The lowest BCUT2D eigenvalue weighted by atomic mass is 10.1. The Hall–Kier alpha value is -0.770. The summed E-state index contributed by atoms with van der Waals surface area (Å²) in [5, 5.41) is 0.346. The van der Waals surface area contributed by atoms with Gasteiger partial charge in [0.15, 0.2) is 0 Å². The lowest BCUT2D eigenvalue weighted by molar-refractivity contribution is 0.356. The van der Waals surface area contributed by atoms with E-state index < -0.39 is 5.82 Å². The fraction of sp³-hybridized carbons (Fsp3) is 0.273. The van der Waals surface area contributed by atoms with E-state index >= 15 is 0 Å². The standard InChI is InChI=1S/C11H12Cl2FNO/c1-7(15)10-3-2-9(4-11(10)14)16-6-8(13)5-12/h2-5,7H,6,15H2,1H3/b8-5-/t7-/m0/s1. The number of rotatable bonds is 4. The second kappa shape index (κ2) is 6.09. The molecule has 2 N–H and O–H groups in total. The van der Waals surface area contributed by atoms with E-state index in [2.05, 4.69) is 0 Å². The summed E-state index contributed by atoms with van der Waals surface area (Å²) < 4.78 is 18.7. The van der Waals surface area contributed by atoms with Crippen molar-refractivity contribution in [3.63, 3.8) is 0 Å². The van der Waals surface area contributed by atoms with Gasteiger partial charge < -0.3 is 10.5 Å². The third kappa shape index (κ3) is 3.67. The quantitative estimate of drug-likeness (QED) is 0.902. The predicted molar refractivity (Wildman–Crippen MR) is 64.3 cm³/mol. The van der Waals surface area contributed by atoms with Crippen LogP contribution in [0.15, 0.2) is 28.8 Å². The van der Waals surface area contributed by atoms with Crippen molar-refractivity contribution in [1.29, 1.82) is 0 Å². The molecular weight excluding hydrogens is 252 g/mol. The molecule has 0 bridgehead atoms. The zero-order chi connectivity index (χ0) is 12.1. The van der Waals surface area contributed by atoms with Gasteiger partial charge in [-0.1, -0.05) is 29.3 Å². The summed E-state index contributed by atoms with van der Waals surface area (Å²) in [5.41, 5.74) is 7.23. The van der Waals surface area contributed by atoms with Crippen LogP contribution in [0.2, 0.25) is 0 Å². The minimum Gasteiger partial charge on any atom is -0.488 e. The summed E-state index contributed by atoms with van der Waals surface area (Å²) in [5.74, 6) is -0.00274. The summed E-state index contributed by atoms with van der Waals surface area (Å²) in [6.07, 6.45) is 0. The lowest BCUT2D eigenvalue weighted by Crippen LogP contribution is -2.07. The summed E-state index contributed by atoms with van der Waals surface area (Å²) in [6, 6.07) is 4.16. The SMILES string of the molecule is C[C@H](N)c1ccc(OC/C(Cl)=C/Cl)cc1F. The molecule has 0 heterocycles. The normalized spacial score (nSPS) is 13.7. The van der Waals surface area contributed by atoms with Crippen molar-refractivity contribution in [1.82, 2.24) is 0 Å². The second-order valence-corrected chi connectivity index (χ2v) is 4.02. The van der Waals surface area contributed by atoms with Crippen molar-refractivity contribution < 1.29 is 9.13 Å². The molecule has 0 spiro atoms. The van der Waals surface area contributed by atoms with Crippen LogP contribution >= 0.6 is 23.2 Å². The van der Waals surface area contributed by atoms with Gasteiger partial charge >= 0.3 is 0 Å². The molecule has 1 aromatic rings. The first kappa shape index (κ1) is 13.3. The first-order chi connectivity index (χ1) is 7.54. The molecular formula is C11H12Cl2FNO. The molecule has 0 aliphatic rings. The van der Waals surface area contributed by atoms with Crippen LogP contribution in [-0.4, -0.2) is 6.61 Å². The van der Waals surface area contributed by atoms with E-state index in [1.54, 1.807) is 19.1 Å². The Kier molecular flexibility index (Phi) is 5.06. The molecule has 0 aliphatic carbocycles. The van der Waals surface area contributed by atoms with Gasteiger partial charge in [-0.25, -0.2) is 4.39 Å². The highest BCUT2D eigenvalue weighted by Crippen LogP contribution is 2.21. The van der Waals surface area contributed by atoms with Crippen LogP contribution in [0.1, 0.15) is 18.5 Å². The first-order valence-electron chi connectivity index (χ1n) is 4.67. The summed E-state index contributed by atoms with van der Waals surface area (Å²) in [7, 11) is 0. The third-order valence-electron chi connectivity index (χ3n) is 1.96. The van der Waals surface area contributed by atoms with Crippen LogP contribution < -0.4 is 10.5 Å². The van der Waals surface area contributed by atoms with Crippen LogP contribution in [0.3, 0.4) is 0 Å². The topological polar surface area (TPSA) is 35.2 Å². The zero-order valence-corrected chi connectivity index (χ0v) is 10.2. The van der Waals surface area contributed by atoms with Crippen LogP contribution in [0.25, 0.3) is 0 Å². The molecule has 0 unspecified atom stereocenters. The molecule has 1 rings (SSSR count). The molecule has 0 saturated carbocycles. The summed E-state index contributed by atoms with van der Waals surface area (Å²) >= 11 is 11.0. The van der Waals surface area contributed by atoms with Gasteiger partial charge in [-0.15, -0.1) is 0 Å². The van der Waals surface area contributed by atoms with Crippen molar-refractivity contribution in [3.05, 3.63) is 40.1 Å². The number of hydrogen-bond donors (Lipinski definition) is 1. The Labute approximate surface area is 104 Å². The summed E-state index contributed by atoms with van der Waals surface area (Å²) in [6.45, 7) is 1.83. The number of hydrogen-bond acceptors (Lipinski definition) is 2. The van der Waals surface area contributed by atoms with Crippen molar-refractivity contribution in [3.8, 4) is 5.75 Å². The lowest BCUT2D eigenvalue weighted by Gasteiger charge is -2.09. The average molecular weight is 264 g/mol. The van der Waals surface area contributed by atoms with Gasteiger partial charge in [0.1, 0.15) is 18.2 Å². The van der Waals surface area contributed by atoms with Crippen molar-refractivity contribution >= 4 is 23.2 Å². The van der Waals surface area contributed by atoms with Crippen LogP contribution in [0.4, 0.5) is 4.39 Å². The predicted octanol–water partition coefficient (Wildman–Crippen LogP) is 3.54.